The van der Waals surface area contributed by atoms with E-state index in [-0.39, 0.29) is 5.91 Å². The summed E-state index contributed by atoms with van der Waals surface area (Å²) in [7, 11) is 1.61. The van der Waals surface area contributed by atoms with Gasteiger partial charge in [0.15, 0.2) is 0 Å². The van der Waals surface area contributed by atoms with Crippen molar-refractivity contribution in [2.24, 2.45) is 0 Å². The Morgan fingerprint density at radius 2 is 1.45 bits per heavy atom. The molecule has 0 aliphatic carbocycles. The Bertz CT molecular complexity index is 1250. The van der Waals surface area contributed by atoms with Gasteiger partial charge in [-0.25, -0.2) is 9.97 Å². The number of hydrogen-bond donors (Lipinski definition) is 1. The number of carbonyl (C=O) groups is 1. The highest BCUT2D eigenvalue weighted by molar-refractivity contribution is 5.98. The molecule has 5 heteroatoms. The zero-order chi connectivity index (χ0) is 21.8. The van der Waals surface area contributed by atoms with E-state index in [0.29, 0.717) is 24.2 Å². The van der Waals surface area contributed by atoms with Crippen LogP contribution in [0.3, 0.4) is 0 Å². The van der Waals surface area contributed by atoms with Crippen LogP contribution in [0.25, 0.3) is 33.5 Å². The highest BCUT2D eigenvalue weighted by atomic mass is 16.5. The number of nitrogens with one attached hydrogen (secondary N) is 1. The highest BCUT2D eigenvalue weighted by Crippen LogP contribution is 2.32. The van der Waals surface area contributed by atoms with E-state index in [1.54, 1.807) is 19.2 Å². The molecular weight excluding hydrogens is 386 g/mol. The monoisotopic (exact) mass is 411 g/mol. The molecule has 1 N–H and O–H groups in total. The standard InChI is InChI=1S/C26H25N3O2/c1-17-6-4-8-19(14-17)24-25(20-9-5-7-18(2)15-20)29-23-16-21(10-11-22(23)28-24)26(30)27-12-13-31-3/h4-11,14-16H,12-13H2,1-3H3,(H,27,30). The van der Waals surface area contributed by atoms with Crippen molar-refractivity contribution in [3.63, 3.8) is 0 Å². The summed E-state index contributed by atoms with van der Waals surface area (Å²) in [4.78, 5) is 22.4. The average Bonchev–Trinajstić information content (AvgIpc) is 2.78. The van der Waals surface area contributed by atoms with Crippen molar-refractivity contribution in [3.05, 3.63) is 83.4 Å². The Kier molecular flexibility index (Phi) is 6.05. The lowest BCUT2D eigenvalue weighted by Gasteiger charge is -2.12. The van der Waals surface area contributed by atoms with Crippen LogP contribution in [0, 0.1) is 13.8 Å². The molecule has 5 nitrogen and oxygen atoms in total. The minimum Gasteiger partial charge on any atom is -0.383 e. The number of methoxy groups -OCH3 is 1. The second-order valence-corrected chi connectivity index (χ2v) is 7.61. The summed E-state index contributed by atoms with van der Waals surface area (Å²) in [6, 6.07) is 21.9. The van der Waals surface area contributed by atoms with Crippen molar-refractivity contribution in [3.8, 4) is 22.5 Å². The number of aryl methyl sites for hydroxylation is 2. The first kappa shape index (κ1) is 20.7. The summed E-state index contributed by atoms with van der Waals surface area (Å²) >= 11 is 0. The van der Waals surface area contributed by atoms with Gasteiger partial charge in [-0.05, 0) is 44.2 Å². The first-order valence-corrected chi connectivity index (χ1v) is 10.3. The number of fused-ring (bicyclic) bond motifs is 1. The van der Waals surface area contributed by atoms with Crippen LogP contribution in [0.5, 0.6) is 0 Å². The molecule has 156 valence electrons. The first-order chi connectivity index (χ1) is 15.0. The van der Waals surface area contributed by atoms with Gasteiger partial charge in [-0.15, -0.1) is 0 Å². The minimum absolute atomic E-state index is 0.152. The Hall–Kier alpha value is -3.57. The van der Waals surface area contributed by atoms with Crippen LogP contribution < -0.4 is 5.32 Å². The van der Waals surface area contributed by atoms with Crippen molar-refractivity contribution in [1.29, 1.82) is 0 Å². The molecule has 3 aromatic carbocycles. The number of benzene rings is 3. The van der Waals surface area contributed by atoms with Crippen LogP contribution in [-0.4, -0.2) is 36.1 Å². The van der Waals surface area contributed by atoms with Crippen molar-refractivity contribution < 1.29 is 9.53 Å². The molecule has 0 spiro atoms. The zero-order valence-electron chi connectivity index (χ0n) is 18.0. The van der Waals surface area contributed by atoms with E-state index in [2.05, 4.69) is 49.5 Å². The summed E-state index contributed by atoms with van der Waals surface area (Å²) in [6.07, 6.45) is 0. The molecule has 0 saturated carbocycles. The van der Waals surface area contributed by atoms with Crippen LogP contribution in [0.4, 0.5) is 0 Å². The number of nitrogens with zero attached hydrogens (tertiary/aromatic N) is 2. The Labute approximate surface area is 182 Å². The van der Waals surface area contributed by atoms with Crippen LogP contribution >= 0.6 is 0 Å². The van der Waals surface area contributed by atoms with E-state index in [9.17, 15) is 4.79 Å². The Morgan fingerprint density at radius 1 is 0.839 bits per heavy atom. The fraction of sp³-hybridized carbons (Fsp3) is 0.192. The molecule has 0 unspecified atom stereocenters. The summed E-state index contributed by atoms with van der Waals surface area (Å²) in [5.41, 5.74) is 7.97. The molecule has 0 aliphatic heterocycles. The number of hydrogen-bond acceptors (Lipinski definition) is 4. The lowest BCUT2D eigenvalue weighted by molar-refractivity contribution is 0.0937. The summed E-state index contributed by atoms with van der Waals surface area (Å²) in [5, 5.41) is 2.85. The van der Waals surface area contributed by atoms with Gasteiger partial charge in [0, 0.05) is 30.3 Å². The molecule has 0 atom stereocenters. The number of amides is 1. The molecule has 1 amide bonds. The maximum absolute atomic E-state index is 12.5. The smallest absolute Gasteiger partial charge is 0.251 e. The molecule has 31 heavy (non-hydrogen) atoms. The molecule has 0 bridgehead atoms. The number of rotatable bonds is 6. The van der Waals surface area contributed by atoms with Gasteiger partial charge < -0.3 is 10.1 Å². The fourth-order valence-corrected chi connectivity index (χ4v) is 3.55. The van der Waals surface area contributed by atoms with E-state index < -0.39 is 0 Å². The normalized spacial score (nSPS) is 10.9. The van der Waals surface area contributed by atoms with Gasteiger partial charge in [0.1, 0.15) is 0 Å². The van der Waals surface area contributed by atoms with Crippen molar-refractivity contribution in [1.82, 2.24) is 15.3 Å². The zero-order valence-corrected chi connectivity index (χ0v) is 18.0. The number of aromatic nitrogens is 2. The molecular formula is C26H25N3O2. The molecule has 0 aliphatic rings. The van der Waals surface area contributed by atoms with Crippen LogP contribution in [-0.2, 0) is 4.74 Å². The van der Waals surface area contributed by atoms with E-state index in [4.69, 9.17) is 14.7 Å². The second kappa shape index (κ2) is 9.06. The molecule has 4 rings (SSSR count). The van der Waals surface area contributed by atoms with Gasteiger partial charge in [-0.1, -0.05) is 47.5 Å². The maximum atomic E-state index is 12.5. The summed E-state index contributed by atoms with van der Waals surface area (Å²) in [6.45, 7) is 5.06. The van der Waals surface area contributed by atoms with Gasteiger partial charge in [0.25, 0.3) is 5.91 Å². The first-order valence-electron chi connectivity index (χ1n) is 10.3. The predicted molar refractivity (Wildman–Crippen MR) is 124 cm³/mol. The van der Waals surface area contributed by atoms with Crippen molar-refractivity contribution >= 4 is 16.9 Å². The SMILES string of the molecule is COCCNC(=O)c1ccc2nc(-c3cccc(C)c3)c(-c3cccc(C)c3)nc2c1. The quantitative estimate of drug-likeness (QED) is 0.456. The van der Waals surface area contributed by atoms with E-state index in [1.807, 2.05) is 24.3 Å². The highest BCUT2D eigenvalue weighted by Gasteiger charge is 2.15. The lowest BCUT2D eigenvalue weighted by atomic mass is 10.0. The van der Waals surface area contributed by atoms with E-state index in [1.165, 1.54) is 0 Å². The van der Waals surface area contributed by atoms with Crippen molar-refractivity contribution in [2.75, 3.05) is 20.3 Å². The third-order valence-corrected chi connectivity index (χ3v) is 5.10. The van der Waals surface area contributed by atoms with Crippen molar-refractivity contribution in [2.45, 2.75) is 13.8 Å². The van der Waals surface area contributed by atoms with Gasteiger partial charge in [-0.2, -0.15) is 0 Å². The van der Waals surface area contributed by atoms with E-state index in [0.717, 1.165) is 39.2 Å². The van der Waals surface area contributed by atoms with Crippen LogP contribution in [0.15, 0.2) is 66.7 Å². The topological polar surface area (TPSA) is 64.1 Å². The maximum Gasteiger partial charge on any atom is 0.251 e. The van der Waals surface area contributed by atoms with Gasteiger partial charge >= 0.3 is 0 Å². The average molecular weight is 412 g/mol. The molecule has 0 fully saturated rings. The summed E-state index contributed by atoms with van der Waals surface area (Å²) in [5.74, 6) is -0.152. The van der Waals surface area contributed by atoms with Gasteiger partial charge in [0.05, 0.1) is 29.0 Å². The predicted octanol–water partition coefficient (Wildman–Crippen LogP) is 4.96. The molecule has 4 aromatic rings. The van der Waals surface area contributed by atoms with Gasteiger partial charge in [-0.3, -0.25) is 4.79 Å². The molecule has 1 heterocycles. The largest absolute Gasteiger partial charge is 0.383 e. The second-order valence-electron chi connectivity index (χ2n) is 7.61. The minimum atomic E-state index is -0.152. The third kappa shape index (κ3) is 4.62. The Morgan fingerprint density at radius 3 is 2.03 bits per heavy atom. The molecule has 0 radical (unpaired) electrons. The number of carbonyl (C=O) groups excluding carboxylic acids is 1. The van der Waals surface area contributed by atoms with E-state index >= 15 is 0 Å². The lowest BCUT2D eigenvalue weighted by Crippen LogP contribution is -2.26. The third-order valence-electron chi connectivity index (χ3n) is 5.10. The fourth-order valence-electron chi connectivity index (χ4n) is 3.55. The van der Waals surface area contributed by atoms with Crippen LogP contribution in [0.1, 0.15) is 21.5 Å². The van der Waals surface area contributed by atoms with Gasteiger partial charge in [0.2, 0.25) is 0 Å². The molecule has 1 aromatic heterocycles. The number of ether oxygens (including phenoxy) is 1. The van der Waals surface area contributed by atoms with Crippen LogP contribution in [0.2, 0.25) is 0 Å². The summed E-state index contributed by atoms with van der Waals surface area (Å²) < 4.78 is 5.00. The Balaban J connectivity index is 1.85. The molecule has 0 saturated heterocycles.